The van der Waals surface area contributed by atoms with Gasteiger partial charge in [-0.25, -0.2) is 4.98 Å². The maximum Gasteiger partial charge on any atom is 0.573 e. The van der Waals surface area contributed by atoms with Crippen molar-refractivity contribution in [3.63, 3.8) is 0 Å². The second kappa shape index (κ2) is 6.06. The molecule has 0 saturated heterocycles. The van der Waals surface area contributed by atoms with E-state index in [4.69, 9.17) is 11.5 Å². The van der Waals surface area contributed by atoms with Gasteiger partial charge in [0.25, 0.3) is 0 Å². The molecule has 118 valence electrons. The number of amides is 1. The van der Waals surface area contributed by atoms with Gasteiger partial charge in [0.15, 0.2) is 0 Å². The summed E-state index contributed by atoms with van der Waals surface area (Å²) in [5.41, 5.74) is 11.8. The summed E-state index contributed by atoms with van der Waals surface area (Å²) >= 11 is 0. The average molecular weight is 314 g/mol. The smallest absolute Gasteiger partial charge is 0.406 e. The van der Waals surface area contributed by atoms with Crippen LogP contribution in [0.1, 0.15) is 5.82 Å². The Morgan fingerprint density at radius 1 is 1.32 bits per heavy atom. The van der Waals surface area contributed by atoms with Gasteiger partial charge in [-0.2, -0.15) is 0 Å². The van der Waals surface area contributed by atoms with E-state index in [9.17, 15) is 18.0 Å². The normalized spacial score (nSPS) is 12.9. The number of benzene rings is 1. The minimum Gasteiger partial charge on any atom is -0.406 e. The highest BCUT2D eigenvalue weighted by Crippen LogP contribution is 2.25. The monoisotopic (exact) mass is 314 g/mol. The van der Waals surface area contributed by atoms with Crippen molar-refractivity contribution >= 4 is 5.91 Å². The van der Waals surface area contributed by atoms with Crippen molar-refractivity contribution in [2.45, 2.75) is 18.8 Å². The van der Waals surface area contributed by atoms with E-state index in [0.29, 0.717) is 17.1 Å². The Balaban J connectivity index is 2.09. The largest absolute Gasteiger partial charge is 0.573 e. The summed E-state index contributed by atoms with van der Waals surface area (Å²) in [5.74, 6) is -0.504. The second-order valence-electron chi connectivity index (χ2n) is 4.53. The average Bonchev–Trinajstić information content (AvgIpc) is 2.86. The number of nitrogens with zero attached hydrogens (tertiary/aromatic N) is 1. The van der Waals surface area contributed by atoms with Crippen LogP contribution >= 0.6 is 0 Å². The van der Waals surface area contributed by atoms with Gasteiger partial charge >= 0.3 is 6.36 Å². The van der Waals surface area contributed by atoms with Gasteiger partial charge in [0.1, 0.15) is 11.6 Å². The number of hydrogen-bond acceptors (Lipinski definition) is 4. The number of rotatable bonds is 5. The van der Waals surface area contributed by atoms with Crippen molar-refractivity contribution < 1.29 is 22.7 Å². The molecular weight excluding hydrogens is 301 g/mol. The Hall–Kier alpha value is -2.55. The number of alkyl halides is 3. The number of carbonyl (C=O) groups is 1. The van der Waals surface area contributed by atoms with Crippen LogP contribution < -0.4 is 16.2 Å². The molecular formula is C13H13F3N4O2. The molecule has 5 N–H and O–H groups in total. The zero-order valence-corrected chi connectivity index (χ0v) is 11.2. The number of primary amides is 1. The third-order valence-corrected chi connectivity index (χ3v) is 2.81. The van der Waals surface area contributed by atoms with Crippen molar-refractivity contribution in [3.05, 3.63) is 36.3 Å². The van der Waals surface area contributed by atoms with Crippen LogP contribution in [0.15, 0.2) is 30.5 Å². The quantitative estimate of drug-likeness (QED) is 0.774. The highest BCUT2D eigenvalue weighted by molar-refractivity contribution is 5.79. The van der Waals surface area contributed by atoms with Crippen LogP contribution in [-0.2, 0) is 11.2 Å². The van der Waals surface area contributed by atoms with E-state index in [1.807, 2.05) is 0 Å². The molecule has 0 bridgehead atoms. The lowest BCUT2D eigenvalue weighted by molar-refractivity contribution is -0.274. The van der Waals surface area contributed by atoms with Crippen LogP contribution in [0.4, 0.5) is 13.2 Å². The molecule has 1 atom stereocenters. The summed E-state index contributed by atoms with van der Waals surface area (Å²) in [6.07, 6.45) is -3.10. The standard InChI is InChI=1S/C13H13F3N4O2/c14-13(15,16)22-8-3-1-7(2-4-8)10-6-19-11(20-10)5-9(17)12(18)21/h1-4,6,9H,5,17H2,(H2,18,21)(H,19,20)/t9-/m0/s1. The number of imidazole rings is 1. The number of halogens is 3. The van der Waals surface area contributed by atoms with E-state index in [1.54, 1.807) is 0 Å². The third kappa shape index (κ3) is 4.22. The molecule has 0 spiro atoms. The molecule has 0 aliphatic heterocycles. The fourth-order valence-electron chi connectivity index (χ4n) is 1.76. The van der Waals surface area contributed by atoms with Crippen LogP contribution in [0.5, 0.6) is 5.75 Å². The molecule has 1 heterocycles. The summed E-state index contributed by atoms with van der Waals surface area (Å²) in [6.45, 7) is 0. The number of ether oxygens (including phenoxy) is 1. The van der Waals surface area contributed by atoms with Crippen LogP contribution in [0, 0.1) is 0 Å². The first-order valence-corrected chi connectivity index (χ1v) is 6.19. The van der Waals surface area contributed by atoms with Gasteiger partial charge in [-0.05, 0) is 29.8 Å². The van der Waals surface area contributed by atoms with E-state index >= 15 is 0 Å². The lowest BCUT2D eigenvalue weighted by atomic mass is 10.1. The van der Waals surface area contributed by atoms with Crippen molar-refractivity contribution in [3.8, 4) is 17.0 Å². The maximum absolute atomic E-state index is 12.1. The lowest BCUT2D eigenvalue weighted by Crippen LogP contribution is -2.38. The summed E-state index contributed by atoms with van der Waals surface area (Å²) < 4.78 is 40.0. The Kier molecular flexibility index (Phi) is 4.36. The molecule has 22 heavy (non-hydrogen) atoms. The second-order valence-corrected chi connectivity index (χ2v) is 4.53. The molecule has 1 aromatic carbocycles. The third-order valence-electron chi connectivity index (χ3n) is 2.81. The van der Waals surface area contributed by atoms with Gasteiger partial charge in [-0.15, -0.1) is 13.2 Å². The van der Waals surface area contributed by atoms with Gasteiger partial charge < -0.3 is 21.2 Å². The van der Waals surface area contributed by atoms with E-state index < -0.39 is 18.3 Å². The zero-order valence-electron chi connectivity index (χ0n) is 11.2. The minimum atomic E-state index is -4.73. The summed E-state index contributed by atoms with van der Waals surface area (Å²) in [7, 11) is 0. The molecule has 0 aliphatic carbocycles. The Morgan fingerprint density at radius 3 is 2.50 bits per heavy atom. The number of nitrogens with one attached hydrogen (secondary N) is 1. The molecule has 1 aromatic heterocycles. The van der Waals surface area contributed by atoms with Crippen LogP contribution in [-0.4, -0.2) is 28.3 Å². The van der Waals surface area contributed by atoms with Crippen LogP contribution in [0.25, 0.3) is 11.3 Å². The van der Waals surface area contributed by atoms with Crippen molar-refractivity contribution in [2.75, 3.05) is 0 Å². The molecule has 0 unspecified atom stereocenters. The molecule has 0 aliphatic rings. The van der Waals surface area contributed by atoms with Gasteiger partial charge in [-0.3, -0.25) is 4.79 Å². The number of carbonyl (C=O) groups excluding carboxylic acids is 1. The van der Waals surface area contributed by atoms with Crippen molar-refractivity contribution in [2.24, 2.45) is 11.5 Å². The number of aromatic amines is 1. The van der Waals surface area contributed by atoms with Crippen molar-refractivity contribution in [1.82, 2.24) is 9.97 Å². The number of hydrogen-bond donors (Lipinski definition) is 3. The predicted molar refractivity (Wildman–Crippen MR) is 71.6 cm³/mol. The molecule has 6 nitrogen and oxygen atoms in total. The fourth-order valence-corrected chi connectivity index (χ4v) is 1.76. The van der Waals surface area contributed by atoms with Crippen LogP contribution in [0.2, 0.25) is 0 Å². The first-order chi connectivity index (χ1) is 10.2. The van der Waals surface area contributed by atoms with E-state index in [0.717, 1.165) is 0 Å². The van der Waals surface area contributed by atoms with Gasteiger partial charge in [0.2, 0.25) is 5.91 Å². The van der Waals surface area contributed by atoms with Gasteiger partial charge in [0, 0.05) is 6.42 Å². The highest BCUT2D eigenvalue weighted by atomic mass is 19.4. The molecule has 2 aromatic rings. The Morgan fingerprint density at radius 2 is 1.95 bits per heavy atom. The van der Waals surface area contributed by atoms with Gasteiger partial charge in [0.05, 0.1) is 17.9 Å². The molecule has 2 rings (SSSR count). The Bertz CT molecular complexity index is 652. The number of nitrogens with two attached hydrogens (primary N) is 2. The molecule has 1 amide bonds. The molecule has 9 heteroatoms. The topological polar surface area (TPSA) is 107 Å². The number of aromatic nitrogens is 2. The highest BCUT2D eigenvalue weighted by Gasteiger charge is 2.30. The van der Waals surface area contributed by atoms with Crippen LogP contribution in [0.3, 0.4) is 0 Å². The van der Waals surface area contributed by atoms with E-state index in [1.165, 1.54) is 30.5 Å². The minimum absolute atomic E-state index is 0.143. The first kappa shape index (κ1) is 15.8. The summed E-state index contributed by atoms with van der Waals surface area (Å²) in [6, 6.07) is 4.43. The van der Waals surface area contributed by atoms with Gasteiger partial charge in [-0.1, -0.05) is 0 Å². The molecule has 0 fully saturated rings. The number of H-pyrrole nitrogens is 1. The molecule has 0 radical (unpaired) electrons. The zero-order chi connectivity index (χ0) is 16.3. The lowest BCUT2D eigenvalue weighted by Gasteiger charge is -2.08. The summed E-state index contributed by atoms with van der Waals surface area (Å²) in [4.78, 5) is 17.8. The van der Waals surface area contributed by atoms with E-state index in [-0.39, 0.29) is 12.2 Å². The fraction of sp³-hybridized carbons (Fsp3) is 0.231. The SMILES string of the molecule is NC(=O)[C@@H](N)Cc1ncc(-c2ccc(OC(F)(F)F)cc2)[nH]1. The Labute approximate surface area is 123 Å². The van der Waals surface area contributed by atoms with Crippen molar-refractivity contribution in [1.29, 1.82) is 0 Å². The molecule has 0 saturated carbocycles. The first-order valence-electron chi connectivity index (χ1n) is 6.19. The van der Waals surface area contributed by atoms with E-state index in [2.05, 4.69) is 14.7 Å². The predicted octanol–water partition coefficient (Wildman–Crippen LogP) is 1.33. The maximum atomic E-state index is 12.1. The summed E-state index contributed by atoms with van der Waals surface area (Å²) in [5, 5.41) is 0.